The first-order valence-corrected chi connectivity index (χ1v) is 8.46. The number of nitrogens with one attached hydrogen (secondary N) is 1. The fraction of sp³-hybridized carbons (Fsp3) is 0.150. The average Bonchev–Trinajstić information content (AvgIpc) is 2.72. The van der Waals surface area contributed by atoms with Crippen LogP contribution in [0.25, 0.3) is 10.9 Å². The molecule has 0 aliphatic rings. The number of carbonyl (C=O) groups excluding carboxylic acids is 2. The van der Waals surface area contributed by atoms with Crippen LogP contribution in [-0.2, 0) is 16.0 Å². The molecule has 1 N–H and O–H groups in total. The Morgan fingerprint density at radius 1 is 1.14 bits per heavy atom. The Labute approximate surface area is 160 Å². The van der Waals surface area contributed by atoms with E-state index < -0.39 is 22.8 Å². The Morgan fingerprint density at radius 3 is 2.68 bits per heavy atom. The summed E-state index contributed by atoms with van der Waals surface area (Å²) < 4.78 is 4.78. The van der Waals surface area contributed by atoms with Crippen LogP contribution < -0.4 is 5.32 Å². The summed E-state index contributed by atoms with van der Waals surface area (Å²) in [7, 11) is 1.22. The number of rotatable bonds is 6. The number of amides is 1. The molecule has 0 saturated carbocycles. The van der Waals surface area contributed by atoms with E-state index in [4.69, 9.17) is 4.74 Å². The van der Waals surface area contributed by atoms with Gasteiger partial charge < -0.3 is 10.1 Å². The molecule has 0 aliphatic carbocycles. The van der Waals surface area contributed by atoms with Gasteiger partial charge in [-0.2, -0.15) is 0 Å². The minimum absolute atomic E-state index is 0.0783. The van der Waals surface area contributed by atoms with E-state index in [2.05, 4.69) is 10.3 Å². The Balaban J connectivity index is 1.81. The molecule has 1 atom stereocenters. The van der Waals surface area contributed by atoms with Gasteiger partial charge in [-0.25, -0.2) is 4.79 Å². The summed E-state index contributed by atoms with van der Waals surface area (Å²) in [5, 5.41) is 14.4. The second kappa shape index (κ2) is 8.26. The highest BCUT2D eigenvalue weighted by molar-refractivity contribution is 5.97. The van der Waals surface area contributed by atoms with Crippen molar-refractivity contribution >= 4 is 28.5 Å². The largest absolute Gasteiger partial charge is 0.467 e. The molecule has 3 aromatic rings. The van der Waals surface area contributed by atoms with Crippen LogP contribution in [0, 0.1) is 10.1 Å². The first kappa shape index (κ1) is 19.0. The number of fused-ring (bicyclic) bond motifs is 1. The molecule has 0 fully saturated rings. The Bertz CT molecular complexity index is 1050. The van der Waals surface area contributed by atoms with Crippen LogP contribution in [0.1, 0.15) is 16.1 Å². The van der Waals surface area contributed by atoms with Crippen LogP contribution in [0.3, 0.4) is 0 Å². The highest BCUT2D eigenvalue weighted by Gasteiger charge is 2.24. The predicted octanol–water partition coefficient (Wildman–Crippen LogP) is 2.66. The molecule has 2 aromatic carbocycles. The zero-order valence-corrected chi connectivity index (χ0v) is 15.0. The van der Waals surface area contributed by atoms with Crippen LogP contribution in [0.2, 0.25) is 0 Å². The second-order valence-electron chi connectivity index (χ2n) is 6.06. The van der Waals surface area contributed by atoms with E-state index in [0.717, 1.165) is 17.0 Å². The summed E-state index contributed by atoms with van der Waals surface area (Å²) in [6.45, 7) is 0. The number of nitrogens with zero attached hydrogens (tertiary/aromatic N) is 2. The number of non-ortho nitro benzene ring substituents is 1. The van der Waals surface area contributed by atoms with Crippen LogP contribution in [0.5, 0.6) is 0 Å². The van der Waals surface area contributed by atoms with Gasteiger partial charge in [0.1, 0.15) is 6.04 Å². The standard InChI is InChI=1S/C20H17N3O5/c1-28-20(25)18(12-15-10-9-13-5-2-3-8-17(13)21-15)22-19(24)14-6-4-7-16(11-14)23(26)27/h2-11,18H,12H2,1H3,(H,22,24)/t18-/m0/s1. The van der Waals surface area contributed by atoms with Gasteiger partial charge in [-0.15, -0.1) is 0 Å². The van der Waals surface area contributed by atoms with E-state index in [1.807, 2.05) is 30.3 Å². The number of aromatic nitrogens is 1. The summed E-state index contributed by atoms with van der Waals surface area (Å²) in [4.78, 5) is 39.4. The van der Waals surface area contributed by atoms with E-state index in [1.165, 1.54) is 25.3 Å². The van der Waals surface area contributed by atoms with Crippen molar-refractivity contribution in [3.8, 4) is 0 Å². The molecule has 1 heterocycles. The summed E-state index contributed by atoms with van der Waals surface area (Å²) in [6.07, 6.45) is 0.123. The van der Waals surface area contributed by atoms with E-state index in [0.29, 0.717) is 5.69 Å². The monoisotopic (exact) mass is 379 g/mol. The summed E-state index contributed by atoms with van der Waals surface area (Å²) >= 11 is 0. The van der Waals surface area contributed by atoms with Crippen LogP contribution in [0.4, 0.5) is 5.69 Å². The maximum Gasteiger partial charge on any atom is 0.328 e. The lowest BCUT2D eigenvalue weighted by molar-refractivity contribution is -0.384. The summed E-state index contributed by atoms with van der Waals surface area (Å²) in [5.74, 6) is -1.24. The van der Waals surface area contributed by atoms with E-state index in [-0.39, 0.29) is 17.7 Å². The zero-order chi connectivity index (χ0) is 20.1. The number of methoxy groups -OCH3 is 1. The fourth-order valence-electron chi connectivity index (χ4n) is 2.77. The van der Waals surface area contributed by atoms with Crippen molar-refractivity contribution < 1.29 is 19.2 Å². The minimum atomic E-state index is -0.981. The lowest BCUT2D eigenvalue weighted by Crippen LogP contribution is -2.43. The topological polar surface area (TPSA) is 111 Å². The molecule has 0 radical (unpaired) electrons. The van der Waals surface area contributed by atoms with Gasteiger partial charge in [0, 0.05) is 35.2 Å². The van der Waals surface area contributed by atoms with Crippen LogP contribution >= 0.6 is 0 Å². The van der Waals surface area contributed by atoms with Crippen molar-refractivity contribution in [2.24, 2.45) is 0 Å². The van der Waals surface area contributed by atoms with Gasteiger partial charge in [0.15, 0.2) is 0 Å². The number of carbonyl (C=O) groups is 2. The summed E-state index contributed by atoms with van der Waals surface area (Å²) in [6, 6.07) is 15.5. The number of benzene rings is 2. The van der Waals surface area contributed by atoms with Crippen LogP contribution in [0.15, 0.2) is 60.7 Å². The second-order valence-corrected chi connectivity index (χ2v) is 6.06. The van der Waals surface area contributed by atoms with Gasteiger partial charge in [-0.1, -0.05) is 30.3 Å². The lowest BCUT2D eigenvalue weighted by Gasteiger charge is -2.16. The summed E-state index contributed by atoms with van der Waals surface area (Å²) in [5.41, 5.74) is 1.25. The molecule has 142 valence electrons. The van der Waals surface area contributed by atoms with Gasteiger partial charge in [-0.3, -0.25) is 19.9 Å². The first-order chi connectivity index (χ1) is 13.5. The average molecular weight is 379 g/mol. The molecule has 8 nitrogen and oxygen atoms in total. The third kappa shape index (κ3) is 4.29. The molecule has 0 bridgehead atoms. The van der Waals surface area contributed by atoms with E-state index >= 15 is 0 Å². The molecule has 0 aliphatic heterocycles. The fourth-order valence-corrected chi connectivity index (χ4v) is 2.77. The molecule has 0 saturated heterocycles. The Morgan fingerprint density at radius 2 is 1.93 bits per heavy atom. The quantitative estimate of drug-likeness (QED) is 0.400. The van der Waals surface area contributed by atoms with Crippen LogP contribution in [-0.4, -0.2) is 34.9 Å². The maximum absolute atomic E-state index is 12.5. The minimum Gasteiger partial charge on any atom is -0.467 e. The van der Waals surface area contributed by atoms with Gasteiger partial charge in [0.2, 0.25) is 0 Å². The molecule has 3 rings (SSSR count). The van der Waals surface area contributed by atoms with Crippen molar-refractivity contribution in [2.45, 2.75) is 12.5 Å². The van der Waals surface area contributed by atoms with Crippen molar-refractivity contribution in [3.05, 3.63) is 82.0 Å². The zero-order valence-electron chi connectivity index (χ0n) is 15.0. The van der Waals surface area contributed by atoms with Gasteiger partial charge in [0.25, 0.3) is 11.6 Å². The Kier molecular flexibility index (Phi) is 5.59. The smallest absolute Gasteiger partial charge is 0.328 e. The van der Waals surface area contributed by atoms with E-state index in [9.17, 15) is 19.7 Å². The molecule has 1 amide bonds. The molecular weight excluding hydrogens is 362 g/mol. The maximum atomic E-state index is 12.5. The lowest BCUT2D eigenvalue weighted by atomic mass is 10.1. The van der Waals surface area contributed by atoms with Crippen molar-refractivity contribution in [1.82, 2.24) is 10.3 Å². The molecule has 0 unspecified atom stereocenters. The van der Waals surface area contributed by atoms with Gasteiger partial charge in [-0.05, 0) is 18.2 Å². The number of nitro benzene ring substituents is 1. The first-order valence-electron chi connectivity index (χ1n) is 8.46. The number of para-hydroxylation sites is 1. The third-order valence-corrected chi connectivity index (χ3v) is 4.18. The molecule has 8 heteroatoms. The number of hydrogen-bond acceptors (Lipinski definition) is 6. The number of hydrogen-bond donors (Lipinski definition) is 1. The highest BCUT2D eigenvalue weighted by atomic mass is 16.6. The number of esters is 1. The highest BCUT2D eigenvalue weighted by Crippen LogP contribution is 2.15. The predicted molar refractivity (Wildman–Crippen MR) is 102 cm³/mol. The normalized spacial score (nSPS) is 11.6. The molecule has 0 spiro atoms. The van der Waals surface area contributed by atoms with Crippen molar-refractivity contribution in [1.29, 1.82) is 0 Å². The molecular formula is C20H17N3O5. The number of ether oxygens (including phenoxy) is 1. The van der Waals surface area contributed by atoms with Gasteiger partial charge in [0.05, 0.1) is 17.5 Å². The molecule has 1 aromatic heterocycles. The van der Waals surface area contributed by atoms with Crippen molar-refractivity contribution in [3.63, 3.8) is 0 Å². The van der Waals surface area contributed by atoms with Crippen molar-refractivity contribution in [2.75, 3.05) is 7.11 Å². The van der Waals surface area contributed by atoms with E-state index in [1.54, 1.807) is 6.07 Å². The Hall–Kier alpha value is -3.81. The molecule has 28 heavy (non-hydrogen) atoms. The third-order valence-electron chi connectivity index (χ3n) is 4.18. The number of nitro groups is 1. The SMILES string of the molecule is COC(=O)[C@H](Cc1ccc2ccccc2n1)NC(=O)c1cccc([N+](=O)[O-])c1. The van der Waals surface area contributed by atoms with Gasteiger partial charge >= 0.3 is 5.97 Å². The number of pyridine rings is 1.